The molecule has 94 valence electrons. The van der Waals surface area contributed by atoms with Crippen LogP contribution < -0.4 is 0 Å². The summed E-state index contributed by atoms with van der Waals surface area (Å²) >= 11 is 12.3. The van der Waals surface area contributed by atoms with Gasteiger partial charge in [0.25, 0.3) is 0 Å². The molecule has 0 radical (unpaired) electrons. The van der Waals surface area contributed by atoms with Crippen molar-refractivity contribution in [3.8, 4) is 11.3 Å². The molecule has 0 saturated carbocycles. The second kappa shape index (κ2) is 5.48. The SMILES string of the molecule is Cl.Clc1cccc(-c2nc3c(cc2Cl)CCC3)c1. The molecule has 0 bridgehead atoms. The van der Waals surface area contributed by atoms with Crippen molar-refractivity contribution >= 4 is 35.6 Å². The maximum atomic E-state index is 6.29. The van der Waals surface area contributed by atoms with Gasteiger partial charge < -0.3 is 0 Å². The van der Waals surface area contributed by atoms with Crippen molar-refractivity contribution in [1.82, 2.24) is 4.98 Å². The molecule has 4 heteroatoms. The molecule has 0 saturated heterocycles. The van der Waals surface area contributed by atoms with Crippen LogP contribution in [-0.2, 0) is 12.8 Å². The fourth-order valence-corrected chi connectivity index (χ4v) is 2.76. The Morgan fingerprint density at radius 2 is 1.89 bits per heavy atom. The fourth-order valence-electron chi connectivity index (χ4n) is 2.28. The monoisotopic (exact) mass is 299 g/mol. The van der Waals surface area contributed by atoms with E-state index in [0.717, 1.165) is 24.1 Å². The lowest BCUT2D eigenvalue weighted by atomic mass is 10.1. The van der Waals surface area contributed by atoms with E-state index >= 15 is 0 Å². The fraction of sp³-hybridized carbons (Fsp3) is 0.214. The Kier molecular flexibility index (Phi) is 4.16. The molecule has 0 spiro atoms. The zero-order valence-corrected chi connectivity index (χ0v) is 11.9. The van der Waals surface area contributed by atoms with E-state index in [9.17, 15) is 0 Å². The zero-order chi connectivity index (χ0) is 11.8. The van der Waals surface area contributed by atoms with Crippen LogP contribution in [0, 0.1) is 0 Å². The van der Waals surface area contributed by atoms with E-state index in [1.165, 1.54) is 17.7 Å². The van der Waals surface area contributed by atoms with Crippen LogP contribution in [0.4, 0.5) is 0 Å². The van der Waals surface area contributed by atoms with E-state index in [-0.39, 0.29) is 12.4 Å². The first kappa shape index (κ1) is 13.7. The van der Waals surface area contributed by atoms with Crippen molar-refractivity contribution in [1.29, 1.82) is 0 Å². The van der Waals surface area contributed by atoms with Gasteiger partial charge >= 0.3 is 0 Å². The lowest BCUT2D eigenvalue weighted by Crippen LogP contribution is -1.93. The van der Waals surface area contributed by atoms with Gasteiger partial charge in [-0.05, 0) is 43.0 Å². The van der Waals surface area contributed by atoms with Crippen LogP contribution in [-0.4, -0.2) is 4.98 Å². The van der Waals surface area contributed by atoms with Gasteiger partial charge in [0.05, 0.1) is 10.7 Å². The minimum absolute atomic E-state index is 0. The number of pyridine rings is 1. The van der Waals surface area contributed by atoms with Gasteiger partial charge in [-0.2, -0.15) is 0 Å². The summed E-state index contributed by atoms with van der Waals surface area (Å²) in [4.78, 5) is 4.67. The van der Waals surface area contributed by atoms with Gasteiger partial charge in [-0.3, -0.25) is 4.98 Å². The molecule has 18 heavy (non-hydrogen) atoms. The first-order valence-electron chi connectivity index (χ1n) is 5.68. The second-order valence-electron chi connectivity index (χ2n) is 4.29. The molecule has 1 nitrogen and oxygen atoms in total. The number of fused-ring (bicyclic) bond motifs is 1. The van der Waals surface area contributed by atoms with Gasteiger partial charge in [0.2, 0.25) is 0 Å². The number of aromatic nitrogens is 1. The Morgan fingerprint density at radius 1 is 1.06 bits per heavy atom. The molecule has 1 aliphatic carbocycles. The van der Waals surface area contributed by atoms with Crippen molar-refractivity contribution in [2.75, 3.05) is 0 Å². The van der Waals surface area contributed by atoms with Crippen LogP contribution in [0.3, 0.4) is 0 Å². The van der Waals surface area contributed by atoms with Gasteiger partial charge in [-0.1, -0.05) is 35.3 Å². The summed E-state index contributed by atoms with van der Waals surface area (Å²) < 4.78 is 0. The Balaban J connectivity index is 0.00000120. The van der Waals surface area contributed by atoms with E-state index in [2.05, 4.69) is 4.98 Å². The molecule has 3 rings (SSSR count). The Bertz CT molecular complexity index is 581. The summed E-state index contributed by atoms with van der Waals surface area (Å²) in [5.74, 6) is 0. The largest absolute Gasteiger partial charge is 0.251 e. The van der Waals surface area contributed by atoms with Crippen LogP contribution in [0.25, 0.3) is 11.3 Å². The van der Waals surface area contributed by atoms with E-state index in [4.69, 9.17) is 23.2 Å². The molecule has 0 N–H and O–H groups in total. The quantitative estimate of drug-likeness (QED) is 0.725. The molecule has 1 aromatic heterocycles. The molecular formula is C14H12Cl3N. The average molecular weight is 301 g/mol. The van der Waals surface area contributed by atoms with Gasteiger partial charge in [0.15, 0.2) is 0 Å². The lowest BCUT2D eigenvalue weighted by Gasteiger charge is -2.07. The Morgan fingerprint density at radius 3 is 2.67 bits per heavy atom. The third-order valence-electron chi connectivity index (χ3n) is 3.10. The highest BCUT2D eigenvalue weighted by molar-refractivity contribution is 6.33. The molecule has 0 atom stereocenters. The van der Waals surface area contributed by atoms with E-state index in [0.29, 0.717) is 10.0 Å². The van der Waals surface area contributed by atoms with Gasteiger partial charge in [-0.15, -0.1) is 12.4 Å². The molecule has 0 aliphatic heterocycles. The number of halogens is 3. The Labute approximate surface area is 123 Å². The van der Waals surface area contributed by atoms with Crippen LogP contribution in [0.5, 0.6) is 0 Å². The standard InChI is InChI=1S/C14H11Cl2N.ClH/c15-11-5-1-4-10(7-11)14-12(16)8-9-3-2-6-13(9)17-14;/h1,4-5,7-8H,2-3,6H2;1H. The molecule has 1 heterocycles. The van der Waals surface area contributed by atoms with Crippen molar-refractivity contribution in [2.45, 2.75) is 19.3 Å². The third kappa shape index (κ3) is 2.49. The van der Waals surface area contributed by atoms with Gasteiger partial charge in [0, 0.05) is 16.3 Å². The predicted molar refractivity (Wildman–Crippen MR) is 79.0 cm³/mol. The highest BCUT2D eigenvalue weighted by atomic mass is 35.5. The summed E-state index contributed by atoms with van der Waals surface area (Å²) in [7, 11) is 0. The maximum Gasteiger partial charge on any atom is 0.0892 e. The Hall–Kier alpha value is -0.760. The first-order chi connectivity index (χ1) is 8.24. The third-order valence-corrected chi connectivity index (χ3v) is 3.63. The molecule has 1 aliphatic rings. The predicted octanol–water partition coefficient (Wildman–Crippen LogP) is 4.97. The summed E-state index contributed by atoms with van der Waals surface area (Å²) in [6, 6.07) is 9.71. The van der Waals surface area contributed by atoms with Crippen molar-refractivity contribution < 1.29 is 0 Å². The summed E-state index contributed by atoms with van der Waals surface area (Å²) in [6.07, 6.45) is 3.33. The highest BCUT2D eigenvalue weighted by Gasteiger charge is 2.16. The van der Waals surface area contributed by atoms with Gasteiger partial charge in [0.1, 0.15) is 0 Å². The maximum absolute atomic E-state index is 6.29. The highest BCUT2D eigenvalue weighted by Crippen LogP contribution is 2.32. The van der Waals surface area contributed by atoms with Crippen molar-refractivity contribution in [2.24, 2.45) is 0 Å². The summed E-state index contributed by atoms with van der Waals surface area (Å²) in [6.45, 7) is 0. The number of rotatable bonds is 1. The van der Waals surface area contributed by atoms with Crippen molar-refractivity contribution in [3.63, 3.8) is 0 Å². The smallest absolute Gasteiger partial charge is 0.0892 e. The minimum Gasteiger partial charge on any atom is -0.251 e. The normalized spacial score (nSPS) is 13.0. The molecule has 0 unspecified atom stereocenters. The summed E-state index contributed by atoms with van der Waals surface area (Å²) in [5, 5.41) is 1.42. The van der Waals surface area contributed by atoms with E-state index in [1.807, 2.05) is 30.3 Å². The topological polar surface area (TPSA) is 12.9 Å². The van der Waals surface area contributed by atoms with Crippen LogP contribution in [0.15, 0.2) is 30.3 Å². The summed E-state index contributed by atoms with van der Waals surface area (Å²) in [5.41, 5.74) is 4.30. The molecule has 2 aromatic rings. The van der Waals surface area contributed by atoms with E-state index in [1.54, 1.807) is 0 Å². The number of hydrogen-bond acceptors (Lipinski definition) is 1. The number of aryl methyl sites for hydroxylation is 2. The zero-order valence-electron chi connectivity index (χ0n) is 9.62. The molecule has 1 aromatic carbocycles. The number of hydrogen-bond donors (Lipinski definition) is 0. The molecule has 0 amide bonds. The van der Waals surface area contributed by atoms with Crippen molar-refractivity contribution in [3.05, 3.63) is 51.6 Å². The van der Waals surface area contributed by atoms with E-state index < -0.39 is 0 Å². The van der Waals surface area contributed by atoms with Crippen LogP contribution in [0.1, 0.15) is 17.7 Å². The van der Waals surface area contributed by atoms with Gasteiger partial charge in [-0.25, -0.2) is 0 Å². The minimum atomic E-state index is 0. The average Bonchev–Trinajstić information content (AvgIpc) is 2.75. The molecule has 0 fully saturated rings. The lowest BCUT2D eigenvalue weighted by molar-refractivity contribution is 0.900. The van der Waals surface area contributed by atoms with Crippen LogP contribution in [0.2, 0.25) is 10.0 Å². The first-order valence-corrected chi connectivity index (χ1v) is 6.44. The van der Waals surface area contributed by atoms with Crippen LogP contribution >= 0.6 is 35.6 Å². The number of nitrogens with zero attached hydrogens (tertiary/aromatic N) is 1. The molecular weight excluding hydrogens is 289 g/mol. The number of benzene rings is 1. The second-order valence-corrected chi connectivity index (χ2v) is 5.13.